The van der Waals surface area contributed by atoms with Gasteiger partial charge in [-0.25, -0.2) is 0 Å². The van der Waals surface area contributed by atoms with Crippen molar-refractivity contribution in [1.82, 2.24) is 0 Å². The number of ketones is 1. The van der Waals surface area contributed by atoms with Crippen molar-refractivity contribution in [3.05, 3.63) is 24.0 Å². The van der Waals surface area contributed by atoms with Gasteiger partial charge in [-0.1, -0.05) is 6.08 Å². The summed E-state index contributed by atoms with van der Waals surface area (Å²) in [7, 11) is 0. The van der Waals surface area contributed by atoms with Crippen LogP contribution in [0.5, 0.6) is 0 Å². The van der Waals surface area contributed by atoms with Gasteiger partial charge >= 0.3 is 0 Å². The van der Waals surface area contributed by atoms with Gasteiger partial charge in [0.2, 0.25) is 0 Å². The van der Waals surface area contributed by atoms with E-state index in [2.05, 4.69) is 0 Å². The van der Waals surface area contributed by atoms with E-state index < -0.39 is 5.41 Å². The molecule has 0 spiro atoms. The fourth-order valence-corrected chi connectivity index (χ4v) is 0.770. The summed E-state index contributed by atoms with van der Waals surface area (Å²) in [5, 5.41) is 9.20. The summed E-state index contributed by atoms with van der Waals surface area (Å²) in [6.07, 6.45) is 4.57. The largest absolute Gasteiger partial charge is 0.511 e. The van der Waals surface area contributed by atoms with Gasteiger partial charge in [-0.2, -0.15) is 0 Å². The first-order valence-electron chi connectivity index (χ1n) is 3.17. The Hall–Kier alpha value is -1.05. The monoisotopic (exact) mass is 138 g/mol. The van der Waals surface area contributed by atoms with Crippen LogP contribution in [0.15, 0.2) is 24.0 Å². The predicted molar refractivity (Wildman–Crippen MR) is 38.6 cm³/mol. The Kier molecular flexibility index (Phi) is 1.39. The van der Waals surface area contributed by atoms with E-state index in [1.165, 1.54) is 6.08 Å². The van der Waals surface area contributed by atoms with Crippen molar-refractivity contribution >= 4 is 5.78 Å². The molecule has 1 aliphatic rings. The molecule has 1 rings (SSSR count). The van der Waals surface area contributed by atoms with E-state index >= 15 is 0 Å². The minimum atomic E-state index is -0.714. The maximum atomic E-state index is 11.0. The number of rotatable bonds is 0. The summed E-state index contributed by atoms with van der Waals surface area (Å²) in [6, 6.07) is 0. The highest BCUT2D eigenvalue weighted by molar-refractivity contribution is 5.97. The number of carbonyl (C=O) groups excluding carboxylic acids is 1. The molecule has 2 nitrogen and oxygen atoms in total. The molecule has 0 radical (unpaired) electrons. The zero-order chi connectivity index (χ0) is 7.78. The zero-order valence-electron chi connectivity index (χ0n) is 6.09. The Morgan fingerprint density at radius 3 is 2.50 bits per heavy atom. The Balaban J connectivity index is 3.05. The lowest BCUT2D eigenvalue weighted by Gasteiger charge is -2.22. The van der Waals surface area contributed by atoms with Crippen LogP contribution in [0.4, 0.5) is 0 Å². The lowest BCUT2D eigenvalue weighted by Crippen LogP contribution is -2.26. The van der Waals surface area contributed by atoms with Crippen molar-refractivity contribution in [2.24, 2.45) is 5.41 Å². The smallest absolute Gasteiger partial charge is 0.168 e. The van der Waals surface area contributed by atoms with E-state index in [1.54, 1.807) is 26.0 Å². The number of carbonyl (C=O) groups is 1. The summed E-state index contributed by atoms with van der Waals surface area (Å²) in [4.78, 5) is 11.0. The maximum Gasteiger partial charge on any atom is 0.168 e. The molecule has 0 bridgehead atoms. The SMILES string of the molecule is CC1(C)C(=O)C=CC=C1O. The van der Waals surface area contributed by atoms with Gasteiger partial charge in [0, 0.05) is 0 Å². The molecule has 0 aromatic carbocycles. The molecule has 0 heterocycles. The van der Waals surface area contributed by atoms with E-state index in [0.717, 1.165) is 0 Å². The molecule has 1 aliphatic carbocycles. The molecule has 2 heteroatoms. The van der Waals surface area contributed by atoms with E-state index in [0.29, 0.717) is 0 Å². The van der Waals surface area contributed by atoms with Gasteiger partial charge < -0.3 is 5.11 Å². The van der Waals surface area contributed by atoms with E-state index in [4.69, 9.17) is 0 Å². The molecule has 0 aliphatic heterocycles. The molecule has 0 aromatic rings. The molecule has 0 unspecified atom stereocenters. The third-order valence-electron chi connectivity index (χ3n) is 1.76. The van der Waals surface area contributed by atoms with Crippen molar-refractivity contribution in [3.8, 4) is 0 Å². The van der Waals surface area contributed by atoms with Gasteiger partial charge in [-0.05, 0) is 26.0 Å². The molecule has 0 amide bonds. The topological polar surface area (TPSA) is 37.3 Å². The second-order valence-corrected chi connectivity index (χ2v) is 2.90. The van der Waals surface area contributed by atoms with Crippen LogP contribution in [0.2, 0.25) is 0 Å². The van der Waals surface area contributed by atoms with E-state index in [9.17, 15) is 9.90 Å². The van der Waals surface area contributed by atoms with Gasteiger partial charge in [-0.3, -0.25) is 4.79 Å². The number of aliphatic hydroxyl groups is 1. The highest BCUT2D eigenvalue weighted by Crippen LogP contribution is 2.28. The second kappa shape index (κ2) is 1.97. The Bertz CT molecular complexity index is 221. The van der Waals surface area contributed by atoms with Crippen LogP contribution < -0.4 is 0 Å². The molecule has 0 atom stereocenters. The number of hydrogen-bond acceptors (Lipinski definition) is 2. The molecule has 10 heavy (non-hydrogen) atoms. The van der Waals surface area contributed by atoms with Gasteiger partial charge in [0.15, 0.2) is 5.78 Å². The molecule has 0 saturated heterocycles. The Morgan fingerprint density at radius 2 is 2.10 bits per heavy atom. The Morgan fingerprint density at radius 1 is 1.50 bits per heavy atom. The first kappa shape index (κ1) is 7.06. The van der Waals surface area contributed by atoms with E-state index in [1.807, 2.05) is 0 Å². The molecule has 54 valence electrons. The molecule has 0 aromatic heterocycles. The first-order valence-corrected chi connectivity index (χ1v) is 3.17. The van der Waals surface area contributed by atoms with Crippen LogP contribution in [0.3, 0.4) is 0 Å². The fourth-order valence-electron chi connectivity index (χ4n) is 0.770. The third kappa shape index (κ3) is 0.856. The summed E-state index contributed by atoms with van der Waals surface area (Å²) in [6.45, 7) is 3.40. The van der Waals surface area contributed by atoms with Crippen molar-refractivity contribution in [3.63, 3.8) is 0 Å². The normalized spacial score (nSPS) is 22.6. The molecular formula is C8H10O2. The lowest BCUT2D eigenvalue weighted by molar-refractivity contribution is -0.121. The molecule has 0 fully saturated rings. The maximum absolute atomic E-state index is 11.0. The van der Waals surface area contributed by atoms with Crippen LogP contribution in [0, 0.1) is 5.41 Å². The average Bonchev–Trinajstić information content (AvgIpc) is 1.84. The van der Waals surface area contributed by atoms with Crippen LogP contribution >= 0.6 is 0 Å². The summed E-state index contributed by atoms with van der Waals surface area (Å²) >= 11 is 0. The standard InChI is InChI=1S/C8H10O2/c1-8(2)6(9)4-3-5-7(8)10/h3-5,9H,1-2H3. The molecular weight excluding hydrogens is 128 g/mol. The predicted octanol–water partition coefficient (Wildman–Crippen LogP) is 1.59. The molecule has 1 N–H and O–H groups in total. The van der Waals surface area contributed by atoms with Crippen molar-refractivity contribution in [2.45, 2.75) is 13.8 Å². The van der Waals surface area contributed by atoms with Gasteiger partial charge in [0.25, 0.3) is 0 Å². The fraction of sp³-hybridized carbons (Fsp3) is 0.375. The zero-order valence-corrected chi connectivity index (χ0v) is 6.09. The Labute approximate surface area is 59.9 Å². The summed E-state index contributed by atoms with van der Waals surface area (Å²) < 4.78 is 0. The van der Waals surface area contributed by atoms with Crippen LogP contribution in [0.1, 0.15) is 13.8 Å². The molecule has 0 saturated carbocycles. The lowest BCUT2D eigenvalue weighted by atomic mass is 9.83. The van der Waals surface area contributed by atoms with Crippen LogP contribution in [-0.2, 0) is 4.79 Å². The summed E-state index contributed by atoms with van der Waals surface area (Å²) in [5.41, 5.74) is -0.714. The highest BCUT2D eigenvalue weighted by atomic mass is 16.3. The number of allylic oxidation sites excluding steroid dienone is 4. The van der Waals surface area contributed by atoms with Crippen LogP contribution in [0.25, 0.3) is 0 Å². The average molecular weight is 138 g/mol. The third-order valence-corrected chi connectivity index (χ3v) is 1.76. The highest BCUT2D eigenvalue weighted by Gasteiger charge is 2.31. The van der Waals surface area contributed by atoms with Gasteiger partial charge in [-0.15, -0.1) is 0 Å². The first-order chi connectivity index (χ1) is 4.55. The van der Waals surface area contributed by atoms with Crippen molar-refractivity contribution in [1.29, 1.82) is 0 Å². The van der Waals surface area contributed by atoms with Crippen LogP contribution in [-0.4, -0.2) is 10.9 Å². The minimum absolute atomic E-state index is 0.0486. The second-order valence-electron chi connectivity index (χ2n) is 2.90. The van der Waals surface area contributed by atoms with E-state index in [-0.39, 0.29) is 11.5 Å². The number of hydrogen-bond donors (Lipinski definition) is 1. The van der Waals surface area contributed by atoms with Gasteiger partial charge in [0.05, 0.1) is 5.41 Å². The number of aliphatic hydroxyl groups excluding tert-OH is 1. The quantitative estimate of drug-likeness (QED) is 0.552. The summed E-state index contributed by atoms with van der Waals surface area (Å²) in [5.74, 6) is 0.0903. The van der Waals surface area contributed by atoms with Gasteiger partial charge in [0.1, 0.15) is 5.76 Å². The minimum Gasteiger partial charge on any atom is -0.511 e. The van der Waals surface area contributed by atoms with Crippen molar-refractivity contribution in [2.75, 3.05) is 0 Å². The van der Waals surface area contributed by atoms with Crippen molar-refractivity contribution < 1.29 is 9.90 Å².